The van der Waals surface area contributed by atoms with Crippen LogP contribution in [-0.4, -0.2) is 46.8 Å². The first kappa shape index (κ1) is 16.7. The molecule has 5 heteroatoms. The molecule has 2 aliphatic rings. The summed E-state index contributed by atoms with van der Waals surface area (Å²) in [6, 6.07) is -0.515. The Hall–Kier alpha value is -0.710. The minimum Gasteiger partial charge on any atom is -0.342 e. The molecule has 21 heavy (non-hydrogen) atoms. The van der Waals surface area contributed by atoms with Gasteiger partial charge in [-0.1, -0.05) is 20.8 Å². The summed E-state index contributed by atoms with van der Waals surface area (Å²) in [6.45, 7) is 7.06. The molecule has 0 aromatic carbocycles. The van der Waals surface area contributed by atoms with E-state index in [9.17, 15) is 9.59 Å². The van der Waals surface area contributed by atoms with Crippen molar-refractivity contribution in [2.75, 3.05) is 18.1 Å². The van der Waals surface area contributed by atoms with E-state index in [-0.39, 0.29) is 23.9 Å². The second-order valence-electron chi connectivity index (χ2n) is 6.56. The Morgan fingerprint density at radius 3 is 2.62 bits per heavy atom. The SMILES string of the molecule is CCSCCCN1C(=O)C(CC(C)C)NC(=O)C1C1CC1. The molecule has 1 aliphatic heterocycles. The van der Waals surface area contributed by atoms with Crippen LogP contribution in [0.15, 0.2) is 0 Å². The molecule has 0 spiro atoms. The number of hydrogen-bond donors (Lipinski definition) is 1. The third-order valence-electron chi connectivity index (χ3n) is 4.17. The molecule has 1 saturated heterocycles. The van der Waals surface area contributed by atoms with Crippen LogP contribution in [0.2, 0.25) is 0 Å². The van der Waals surface area contributed by atoms with Crippen molar-refractivity contribution in [1.82, 2.24) is 10.2 Å². The Morgan fingerprint density at radius 2 is 2.05 bits per heavy atom. The quantitative estimate of drug-likeness (QED) is 0.700. The van der Waals surface area contributed by atoms with Crippen molar-refractivity contribution in [2.24, 2.45) is 11.8 Å². The van der Waals surface area contributed by atoms with Gasteiger partial charge in [-0.2, -0.15) is 11.8 Å². The van der Waals surface area contributed by atoms with Crippen LogP contribution < -0.4 is 5.32 Å². The third-order valence-corrected chi connectivity index (χ3v) is 5.16. The number of amides is 2. The van der Waals surface area contributed by atoms with Crippen LogP contribution in [0.25, 0.3) is 0 Å². The summed E-state index contributed by atoms with van der Waals surface area (Å²) in [6.07, 6.45) is 3.89. The minimum atomic E-state index is -0.314. The van der Waals surface area contributed by atoms with Gasteiger partial charge < -0.3 is 10.2 Å². The molecule has 0 aromatic rings. The maximum absolute atomic E-state index is 12.7. The fourth-order valence-corrected chi connectivity index (χ4v) is 3.66. The van der Waals surface area contributed by atoms with E-state index in [1.807, 2.05) is 16.7 Å². The van der Waals surface area contributed by atoms with Crippen LogP contribution in [0.4, 0.5) is 0 Å². The van der Waals surface area contributed by atoms with Crippen molar-refractivity contribution in [3.05, 3.63) is 0 Å². The summed E-state index contributed by atoms with van der Waals surface area (Å²) in [5, 5.41) is 2.97. The first-order valence-corrected chi connectivity index (χ1v) is 9.38. The zero-order chi connectivity index (χ0) is 15.4. The number of hydrogen-bond acceptors (Lipinski definition) is 3. The molecular weight excluding hydrogens is 284 g/mol. The van der Waals surface area contributed by atoms with Gasteiger partial charge in [-0.15, -0.1) is 0 Å². The van der Waals surface area contributed by atoms with Gasteiger partial charge in [-0.25, -0.2) is 0 Å². The molecule has 0 aromatic heterocycles. The van der Waals surface area contributed by atoms with Gasteiger partial charge in [0.05, 0.1) is 0 Å². The Balaban J connectivity index is 2.01. The van der Waals surface area contributed by atoms with Crippen LogP contribution in [-0.2, 0) is 9.59 Å². The second-order valence-corrected chi connectivity index (χ2v) is 7.95. The van der Waals surface area contributed by atoms with Gasteiger partial charge in [0, 0.05) is 6.54 Å². The normalized spacial score (nSPS) is 26.4. The van der Waals surface area contributed by atoms with Gasteiger partial charge in [0.25, 0.3) is 0 Å². The van der Waals surface area contributed by atoms with E-state index >= 15 is 0 Å². The van der Waals surface area contributed by atoms with Gasteiger partial charge in [0.1, 0.15) is 12.1 Å². The largest absolute Gasteiger partial charge is 0.342 e. The molecule has 2 amide bonds. The van der Waals surface area contributed by atoms with Crippen LogP contribution in [0.5, 0.6) is 0 Å². The Labute approximate surface area is 132 Å². The highest BCUT2D eigenvalue weighted by molar-refractivity contribution is 7.99. The van der Waals surface area contributed by atoms with E-state index < -0.39 is 0 Å². The molecule has 120 valence electrons. The molecule has 2 rings (SSSR count). The van der Waals surface area contributed by atoms with Crippen LogP contribution in [0.1, 0.15) is 46.5 Å². The first-order chi connectivity index (χ1) is 10.0. The number of nitrogens with one attached hydrogen (secondary N) is 1. The maximum Gasteiger partial charge on any atom is 0.245 e. The monoisotopic (exact) mass is 312 g/mol. The van der Waals surface area contributed by atoms with Crippen molar-refractivity contribution in [1.29, 1.82) is 0 Å². The lowest BCUT2D eigenvalue weighted by molar-refractivity contribution is -0.150. The topological polar surface area (TPSA) is 49.4 Å². The van der Waals surface area contributed by atoms with E-state index in [1.165, 1.54) is 0 Å². The molecule has 2 atom stereocenters. The lowest BCUT2D eigenvalue weighted by Crippen LogP contribution is -2.64. The molecule has 1 aliphatic carbocycles. The van der Waals surface area contributed by atoms with Crippen LogP contribution >= 0.6 is 11.8 Å². The summed E-state index contributed by atoms with van der Waals surface area (Å²) in [5.41, 5.74) is 0. The first-order valence-electron chi connectivity index (χ1n) is 8.23. The number of thioether (sulfide) groups is 1. The number of piperazine rings is 1. The van der Waals surface area contributed by atoms with Gasteiger partial charge in [-0.05, 0) is 49.0 Å². The lowest BCUT2D eigenvalue weighted by atomic mass is 9.96. The molecule has 1 heterocycles. The molecule has 2 unspecified atom stereocenters. The summed E-state index contributed by atoms with van der Waals surface area (Å²) >= 11 is 1.90. The van der Waals surface area contributed by atoms with Crippen molar-refractivity contribution in [3.8, 4) is 0 Å². The summed E-state index contributed by atoms with van der Waals surface area (Å²) < 4.78 is 0. The standard InChI is InChI=1S/C16H28N2O2S/c1-4-21-9-5-8-18-14(12-6-7-12)15(19)17-13(16(18)20)10-11(2)3/h11-14H,4-10H2,1-3H3,(H,17,19). The van der Waals surface area contributed by atoms with E-state index in [4.69, 9.17) is 0 Å². The molecule has 1 saturated carbocycles. The van der Waals surface area contributed by atoms with Crippen molar-refractivity contribution < 1.29 is 9.59 Å². The maximum atomic E-state index is 12.7. The summed E-state index contributed by atoms with van der Waals surface area (Å²) in [7, 11) is 0. The van der Waals surface area contributed by atoms with Crippen molar-refractivity contribution >= 4 is 23.6 Å². The minimum absolute atomic E-state index is 0.0749. The molecule has 0 bridgehead atoms. The van der Waals surface area contributed by atoms with E-state index in [0.29, 0.717) is 11.8 Å². The Kier molecular flexibility index (Phi) is 5.97. The zero-order valence-electron chi connectivity index (χ0n) is 13.4. The van der Waals surface area contributed by atoms with Crippen molar-refractivity contribution in [3.63, 3.8) is 0 Å². The highest BCUT2D eigenvalue weighted by Gasteiger charge is 2.47. The van der Waals surface area contributed by atoms with Crippen LogP contribution in [0.3, 0.4) is 0 Å². The molecular formula is C16H28N2O2S. The predicted molar refractivity (Wildman–Crippen MR) is 87.2 cm³/mol. The number of carbonyl (C=O) groups is 2. The Morgan fingerprint density at radius 1 is 1.33 bits per heavy atom. The molecule has 4 nitrogen and oxygen atoms in total. The fourth-order valence-electron chi connectivity index (χ4n) is 3.04. The highest BCUT2D eigenvalue weighted by Crippen LogP contribution is 2.37. The van der Waals surface area contributed by atoms with Gasteiger partial charge >= 0.3 is 0 Å². The second kappa shape index (κ2) is 7.52. The lowest BCUT2D eigenvalue weighted by Gasteiger charge is -2.39. The van der Waals surface area contributed by atoms with Gasteiger partial charge in [0.15, 0.2) is 0 Å². The number of nitrogens with zero attached hydrogens (tertiary/aromatic N) is 1. The average Bonchev–Trinajstić information content (AvgIpc) is 3.23. The van der Waals surface area contributed by atoms with E-state index in [2.05, 4.69) is 26.1 Å². The van der Waals surface area contributed by atoms with Gasteiger partial charge in [0.2, 0.25) is 11.8 Å². The number of rotatable bonds is 8. The van der Waals surface area contributed by atoms with Crippen molar-refractivity contribution in [2.45, 2.75) is 58.5 Å². The van der Waals surface area contributed by atoms with E-state index in [1.54, 1.807) is 0 Å². The summed E-state index contributed by atoms with van der Waals surface area (Å²) in [4.78, 5) is 27.0. The zero-order valence-corrected chi connectivity index (χ0v) is 14.2. The molecule has 1 N–H and O–H groups in total. The van der Waals surface area contributed by atoms with Crippen LogP contribution in [0, 0.1) is 11.8 Å². The average molecular weight is 312 g/mol. The molecule has 0 radical (unpaired) electrons. The number of carbonyl (C=O) groups excluding carboxylic acids is 2. The highest BCUT2D eigenvalue weighted by atomic mass is 32.2. The molecule has 2 fully saturated rings. The van der Waals surface area contributed by atoms with E-state index in [0.717, 1.165) is 43.7 Å². The predicted octanol–water partition coefficient (Wildman–Crippen LogP) is 2.28. The smallest absolute Gasteiger partial charge is 0.245 e. The third kappa shape index (κ3) is 4.38. The van der Waals surface area contributed by atoms with Gasteiger partial charge in [-0.3, -0.25) is 9.59 Å². The Bertz CT molecular complexity index is 382. The summed E-state index contributed by atoms with van der Waals surface area (Å²) in [5.74, 6) is 3.19. The fraction of sp³-hybridized carbons (Fsp3) is 0.875.